The van der Waals surface area contributed by atoms with Crippen LogP contribution in [0.15, 0.2) is 12.7 Å². The molecule has 12 heavy (non-hydrogen) atoms. The number of aliphatic hydroxyl groups is 1. The summed E-state index contributed by atoms with van der Waals surface area (Å²) in [4.78, 5) is 2.26. The standard InChI is InChI=1S/C9H18N2O/c1-3-4-11-6-8(2)10-5-9(11)7-12/h3,8-10,12H,1,4-7H2,2H3. The zero-order valence-corrected chi connectivity index (χ0v) is 7.66. The van der Waals surface area contributed by atoms with Crippen LogP contribution in [0.3, 0.4) is 0 Å². The van der Waals surface area contributed by atoms with Crippen molar-refractivity contribution in [3.63, 3.8) is 0 Å². The molecule has 0 saturated carbocycles. The molecule has 1 fully saturated rings. The molecule has 0 aromatic heterocycles. The quantitative estimate of drug-likeness (QED) is 0.577. The van der Waals surface area contributed by atoms with Gasteiger partial charge in [0, 0.05) is 31.7 Å². The third kappa shape index (κ3) is 2.30. The molecule has 0 aromatic carbocycles. The molecule has 0 radical (unpaired) electrons. The highest BCUT2D eigenvalue weighted by atomic mass is 16.3. The summed E-state index contributed by atoms with van der Waals surface area (Å²) >= 11 is 0. The van der Waals surface area contributed by atoms with Crippen LogP contribution >= 0.6 is 0 Å². The van der Waals surface area contributed by atoms with Crippen molar-refractivity contribution in [2.45, 2.75) is 19.0 Å². The van der Waals surface area contributed by atoms with E-state index in [1.165, 1.54) is 0 Å². The number of hydrogen-bond donors (Lipinski definition) is 2. The Labute approximate surface area is 74.1 Å². The first-order valence-corrected chi connectivity index (χ1v) is 4.47. The van der Waals surface area contributed by atoms with Gasteiger partial charge in [-0.2, -0.15) is 0 Å². The molecular weight excluding hydrogens is 152 g/mol. The molecule has 3 heteroatoms. The molecule has 2 N–H and O–H groups in total. The Hall–Kier alpha value is -0.380. The maximum absolute atomic E-state index is 9.06. The van der Waals surface area contributed by atoms with Crippen molar-refractivity contribution < 1.29 is 5.11 Å². The van der Waals surface area contributed by atoms with E-state index in [0.29, 0.717) is 6.04 Å². The van der Waals surface area contributed by atoms with Crippen molar-refractivity contribution in [2.75, 3.05) is 26.2 Å². The zero-order valence-electron chi connectivity index (χ0n) is 7.66. The zero-order chi connectivity index (χ0) is 8.97. The van der Waals surface area contributed by atoms with Gasteiger partial charge in [-0.3, -0.25) is 4.90 Å². The molecule has 0 amide bonds. The van der Waals surface area contributed by atoms with Crippen LogP contribution in [0.2, 0.25) is 0 Å². The van der Waals surface area contributed by atoms with Crippen LogP contribution in [0, 0.1) is 0 Å². The Morgan fingerprint density at radius 1 is 1.75 bits per heavy atom. The Morgan fingerprint density at radius 2 is 2.50 bits per heavy atom. The largest absolute Gasteiger partial charge is 0.395 e. The van der Waals surface area contributed by atoms with Crippen molar-refractivity contribution in [2.24, 2.45) is 0 Å². The molecular formula is C9H18N2O. The molecule has 0 aromatic rings. The van der Waals surface area contributed by atoms with E-state index >= 15 is 0 Å². The maximum Gasteiger partial charge on any atom is 0.0599 e. The van der Waals surface area contributed by atoms with Crippen molar-refractivity contribution in [3.8, 4) is 0 Å². The Bertz CT molecular complexity index is 149. The SMILES string of the molecule is C=CCN1CC(C)NCC1CO. The van der Waals surface area contributed by atoms with E-state index in [-0.39, 0.29) is 12.6 Å². The minimum atomic E-state index is 0.230. The Kier molecular flexibility index (Phi) is 3.72. The van der Waals surface area contributed by atoms with Gasteiger partial charge in [-0.1, -0.05) is 6.08 Å². The third-order valence-electron chi connectivity index (χ3n) is 2.30. The highest BCUT2D eigenvalue weighted by Crippen LogP contribution is 2.05. The van der Waals surface area contributed by atoms with Crippen molar-refractivity contribution in [1.82, 2.24) is 10.2 Å². The maximum atomic E-state index is 9.06. The van der Waals surface area contributed by atoms with Gasteiger partial charge in [0.15, 0.2) is 0 Å². The first kappa shape index (κ1) is 9.71. The molecule has 3 nitrogen and oxygen atoms in total. The van der Waals surface area contributed by atoms with Crippen LogP contribution in [0.5, 0.6) is 0 Å². The van der Waals surface area contributed by atoms with E-state index in [9.17, 15) is 0 Å². The summed E-state index contributed by atoms with van der Waals surface area (Å²) in [7, 11) is 0. The molecule has 2 atom stereocenters. The summed E-state index contributed by atoms with van der Waals surface area (Å²) in [5, 5.41) is 12.4. The van der Waals surface area contributed by atoms with E-state index in [4.69, 9.17) is 5.11 Å². The normalized spacial score (nSPS) is 31.8. The summed E-state index contributed by atoms with van der Waals surface area (Å²) in [6, 6.07) is 0.784. The lowest BCUT2D eigenvalue weighted by Crippen LogP contribution is -2.56. The minimum Gasteiger partial charge on any atom is -0.395 e. The smallest absolute Gasteiger partial charge is 0.0599 e. The van der Waals surface area contributed by atoms with Gasteiger partial charge < -0.3 is 10.4 Å². The van der Waals surface area contributed by atoms with Crippen LogP contribution in [-0.2, 0) is 0 Å². The molecule has 0 aliphatic carbocycles. The predicted octanol–water partition coefficient (Wildman–Crippen LogP) is -0.173. The monoisotopic (exact) mass is 170 g/mol. The molecule has 1 aliphatic heterocycles. The molecule has 1 heterocycles. The number of hydrogen-bond acceptors (Lipinski definition) is 3. The van der Waals surface area contributed by atoms with Gasteiger partial charge in [0.1, 0.15) is 0 Å². The lowest BCUT2D eigenvalue weighted by Gasteiger charge is -2.37. The number of nitrogens with zero attached hydrogens (tertiary/aromatic N) is 1. The second-order valence-electron chi connectivity index (χ2n) is 3.39. The van der Waals surface area contributed by atoms with Crippen molar-refractivity contribution in [1.29, 1.82) is 0 Å². The van der Waals surface area contributed by atoms with E-state index in [0.717, 1.165) is 19.6 Å². The number of piperazine rings is 1. The summed E-state index contributed by atoms with van der Waals surface area (Å²) in [5.41, 5.74) is 0. The molecule has 0 spiro atoms. The fourth-order valence-corrected chi connectivity index (χ4v) is 1.60. The minimum absolute atomic E-state index is 0.230. The summed E-state index contributed by atoms with van der Waals surface area (Å²) < 4.78 is 0. The van der Waals surface area contributed by atoms with Crippen LogP contribution < -0.4 is 5.32 Å². The molecule has 2 unspecified atom stereocenters. The number of nitrogens with one attached hydrogen (secondary N) is 1. The average molecular weight is 170 g/mol. The summed E-state index contributed by atoms with van der Waals surface area (Å²) in [6.45, 7) is 8.84. The van der Waals surface area contributed by atoms with Gasteiger partial charge in [-0.25, -0.2) is 0 Å². The van der Waals surface area contributed by atoms with Crippen molar-refractivity contribution in [3.05, 3.63) is 12.7 Å². The Balaban J connectivity index is 2.45. The number of aliphatic hydroxyl groups excluding tert-OH is 1. The van der Waals surface area contributed by atoms with Gasteiger partial charge in [-0.15, -0.1) is 6.58 Å². The number of rotatable bonds is 3. The first-order chi connectivity index (χ1) is 5.77. The molecule has 1 rings (SSSR count). The molecule has 0 bridgehead atoms. The van der Waals surface area contributed by atoms with Crippen LogP contribution in [0.25, 0.3) is 0 Å². The fraction of sp³-hybridized carbons (Fsp3) is 0.778. The van der Waals surface area contributed by atoms with E-state index in [1.54, 1.807) is 0 Å². The summed E-state index contributed by atoms with van der Waals surface area (Å²) in [6.07, 6.45) is 1.89. The van der Waals surface area contributed by atoms with E-state index in [2.05, 4.69) is 23.7 Å². The molecule has 70 valence electrons. The van der Waals surface area contributed by atoms with Gasteiger partial charge in [-0.05, 0) is 6.92 Å². The van der Waals surface area contributed by atoms with Crippen LogP contribution in [0.1, 0.15) is 6.92 Å². The Morgan fingerprint density at radius 3 is 3.08 bits per heavy atom. The topological polar surface area (TPSA) is 35.5 Å². The van der Waals surface area contributed by atoms with Crippen LogP contribution in [-0.4, -0.2) is 48.3 Å². The second-order valence-corrected chi connectivity index (χ2v) is 3.39. The second kappa shape index (κ2) is 4.60. The lowest BCUT2D eigenvalue weighted by molar-refractivity contribution is 0.0946. The third-order valence-corrected chi connectivity index (χ3v) is 2.30. The van der Waals surface area contributed by atoms with Gasteiger partial charge >= 0.3 is 0 Å². The molecule has 1 aliphatic rings. The van der Waals surface area contributed by atoms with Gasteiger partial charge in [0.25, 0.3) is 0 Å². The van der Waals surface area contributed by atoms with E-state index in [1.807, 2.05) is 6.08 Å². The first-order valence-electron chi connectivity index (χ1n) is 4.47. The highest BCUT2D eigenvalue weighted by Gasteiger charge is 2.23. The lowest BCUT2D eigenvalue weighted by atomic mass is 10.1. The average Bonchev–Trinajstić information content (AvgIpc) is 2.05. The van der Waals surface area contributed by atoms with Crippen molar-refractivity contribution >= 4 is 0 Å². The summed E-state index contributed by atoms with van der Waals surface area (Å²) in [5.74, 6) is 0. The fourth-order valence-electron chi connectivity index (χ4n) is 1.60. The van der Waals surface area contributed by atoms with E-state index < -0.39 is 0 Å². The van der Waals surface area contributed by atoms with Gasteiger partial charge in [0.05, 0.1) is 6.61 Å². The predicted molar refractivity (Wildman–Crippen MR) is 50.1 cm³/mol. The molecule has 1 saturated heterocycles. The highest BCUT2D eigenvalue weighted by molar-refractivity contribution is 4.87. The van der Waals surface area contributed by atoms with Crippen LogP contribution in [0.4, 0.5) is 0 Å². The van der Waals surface area contributed by atoms with Gasteiger partial charge in [0.2, 0.25) is 0 Å².